The number of nitrogens with zero attached hydrogens (tertiary/aromatic N) is 1. The molecule has 11 nitrogen and oxygen atoms in total. The lowest BCUT2D eigenvalue weighted by Crippen LogP contribution is -2.58. The van der Waals surface area contributed by atoms with Crippen LogP contribution in [0.1, 0.15) is 37.3 Å². The Morgan fingerprint density at radius 2 is 1.67 bits per heavy atom. The molecule has 1 aliphatic heterocycles. The summed E-state index contributed by atoms with van der Waals surface area (Å²) in [4.78, 5) is 54.0. The highest BCUT2D eigenvalue weighted by Gasteiger charge is 2.39. The maximum atomic E-state index is 14.0. The maximum absolute atomic E-state index is 14.0. The summed E-state index contributed by atoms with van der Waals surface area (Å²) >= 11 is 0. The number of carbonyl (C=O) groups excluding carboxylic acids is 4. The van der Waals surface area contributed by atoms with Crippen LogP contribution in [-0.4, -0.2) is 87.6 Å². The minimum absolute atomic E-state index is 0.210. The summed E-state index contributed by atoms with van der Waals surface area (Å²) in [7, 11) is 4.88. The standard InChI is InChI=1S/C32H46N6O5/c1-22(29(39)35-18-16-23-12-14-26(43-4)15-13-23)38-20-8-11-25(17-19-36-32(42)34-3)28(31(38)41)37-30(40)27(33-2)21-24-9-6-5-7-10-24/h5-7,9-10,12-15,22,25,27-28,33H,8,11,16-21H2,1-4H3,(H,35,39)(H,37,40)(H2,34,36,42)/t22-,25+,27+,28-/m0/s1. The number of rotatable bonds is 14. The second-order valence-corrected chi connectivity index (χ2v) is 10.8. The third-order valence-corrected chi connectivity index (χ3v) is 7.99. The van der Waals surface area contributed by atoms with E-state index in [2.05, 4.69) is 26.6 Å². The number of hydrogen-bond donors (Lipinski definition) is 5. The van der Waals surface area contributed by atoms with E-state index in [4.69, 9.17) is 4.74 Å². The molecular weight excluding hydrogens is 548 g/mol. The summed E-state index contributed by atoms with van der Waals surface area (Å²) in [6.07, 6.45) is 2.94. The molecule has 0 radical (unpaired) electrons. The SMILES string of the molecule is CNC(=O)NCC[C@H]1CCCN([C@@H](C)C(=O)NCCc2ccc(OC)cc2)C(=O)[C@H]1NC(=O)[C@@H](Cc1ccccc1)NC. The monoisotopic (exact) mass is 594 g/mol. The van der Waals surface area contributed by atoms with Gasteiger partial charge in [-0.3, -0.25) is 14.4 Å². The number of hydrogen-bond acceptors (Lipinski definition) is 6. The fourth-order valence-electron chi connectivity index (χ4n) is 5.36. The molecule has 0 aliphatic carbocycles. The third kappa shape index (κ3) is 9.99. The summed E-state index contributed by atoms with van der Waals surface area (Å²) in [6, 6.07) is 14.9. The first-order chi connectivity index (χ1) is 20.8. The molecule has 2 aromatic rings. The molecule has 0 unspecified atom stereocenters. The van der Waals surface area contributed by atoms with Gasteiger partial charge in [0.05, 0.1) is 13.2 Å². The van der Waals surface area contributed by atoms with Gasteiger partial charge in [-0.15, -0.1) is 0 Å². The predicted octanol–water partition coefficient (Wildman–Crippen LogP) is 1.62. The van der Waals surface area contributed by atoms with Crippen LogP contribution in [0.4, 0.5) is 4.79 Å². The molecule has 0 aromatic heterocycles. The zero-order valence-corrected chi connectivity index (χ0v) is 25.7. The molecule has 4 atom stereocenters. The second-order valence-electron chi connectivity index (χ2n) is 10.8. The van der Waals surface area contributed by atoms with Gasteiger partial charge in [0, 0.05) is 26.7 Å². The molecule has 43 heavy (non-hydrogen) atoms. The maximum Gasteiger partial charge on any atom is 0.314 e. The zero-order valence-electron chi connectivity index (χ0n) is 25.7. The zero-order chi connectivity index (χ0) is 31.2. The topological polar surface area (TPSA) is 141 Å². The number of likely N-dealkylation sites (tertiary alicyclic amines) is 1. The van der Waals surface area contributed by atoms with Crippen LogP contribution in [-0.2, 0) is 27.2 Å². The lowest BCUT2D eigenvalue weighted by Gasteiger charge is -2.32. The Hall–Kier alpha value is -4.12. The van der Waals surface area contributed by atoms with Crippen molar-refractivity contribution in [2.24, 2.45) is 5.92 Å². The fourth-order valence-corrected chi connectivity index (χ4v) is 5.36. The number of urea groups is 1. The van der Waals surface area contributed by atoms with Crippen molar-refractivity contribution >= 4 is 23.8 Å². The smallest absolute Gasteiger partial charge is 0.314 e. The average molecular weight is 595 g/mol. The van der Waals surface area contributed by atoms with Crippen LogP contribution >= 0.6 is 0 Å². The Balaban J connectivity index is 1.69. The molecule has 1 saturated heterocycles. The van der Waals surface area contributed by atoms with Gasteiger partial charge >= 0.3 is 6.03 Å². The van der Waals surface area contributed by atoms with Gasteiger partial charge in [-0.2, -0.15) is 0 Å². The summed E-state index contributed by atoms with van der Waals surface area (Å²) in [5, 5.41) is 14.4. The number of nitrogens with one attached hydrogen (secondary N) is 5. The summed E-state index contributed by atoms with van der Waals surface area (Å²) in [5.74, 6) is -0.260. The van der Waals surface area contributed by atoms with Crippen LogP contribution in [0.15, 0.2) is 54.6 Å². The van der Waals surface area contributed by atoms with Crippen LogP contribution < -0.4 is 31.3 Å². The van der Waals surface area contributed by atoms with Crippen molar-refractivity contribution in [2.45, 2.75) is 57.2 Å². The number of benzene rings is 2. The number of carbonyl (C=O) groups is 4. The Kier molecular flexibility index (Phi) is 13.3. The molecule has 1 fully saturated rings. The van der Waals surface area contributed by atoms with Crippen LogP contribution in [0.25, 0.3) is 0 Å². The Morgan fingerprint density at radius 1 is 0.953 bits per heavy atom. The van der Waals surface area contributed by atoms with Crippen molar-refractivity contribution in [3.05, 3.63) is 65.7 Å². The largest absolute Gasteiger partial charge is 0.497 e. The fraction of sp³-hybridized carbons (Fsp3) is 0.500. The Labute approximate surface area is 254 Å². The first-order valence-corrected chi connectivity index (χ1v) is 15.0. The lowest BCUT2D eigenvalue weighted by atomic mass is 9.91. The van der Waals surface area contributed by atoms with Gasteiger partial charge in [0.15, 0.2) is 0 Å². The van der Waals surface area contributed by atoms with Gasteiger partial charge in [0.25, 0.3) is 0 Å². The lowest BCUT2D eigenvalue weighted by molar-refractivity contribution is -0.143. The van der Waals surface area contributed by atoms with Crippen molar-refractivity contribution in [2.75, 3.05) is 40.8 Å². The predicted molar refractivity (Wildman–Crippen MR) is 166 cm³/mol. The first-order valence-electron chi connectivity index (χ1n) is 15.0. The molecule has 1 heterocycles. The highest BCUT2D eigenvalue weighted by atomic mass is 16.5. The van der Waals surface area contributed by atoms with Crippen LogP contribution in [0, 0.1) is 5.92 Å². The normalized spacial score (nSPS) is 18.1. The second kappa shape index (κ2) is 17.1. The van der Waals surface area contributed by atoms with Crippen LogP contribution in [0.3, 0.4) is 0 Å². The molecule has 1 aliphatic rings. The molecule has 234 valence electrons. The Morgan fingerprint density at radius 3 is 2.33 bits per heavy atom. The molecule has 5 amide bonds. The van der Waals surface area contributed by atoms with Gasteiger partial charge in [-0.25, -0.2) is 4.79 Å². The highest BCUT2D eigenvalue weighted by molar-refractivity contribution is 5.93. The molecule has 0 spiro atoms. The van der Waals surface area contributed by atoms with Gasteiger partial charge in [0.1, 0.15) is 17.8 Å². The summed E-state index contributed by atoms with van der Waals surface area (Å²) in [6.45, 7) is 2.90. The Bertz CT molecular complexity index is 1190. The van der Waals surface area contributed by atoms with Gasteiger partial charge < -0.3 is 36.2 Å². The van der Waals surface area contributed by atoms with E-state index in [0.29, 0.717) is 51.7 Å². The minimum Gasteiger partial charge on any atom is -0.497 e. The average Bonchev–Trinajstić information content (AvgIpc) is 3.18. The number of amides is 5. The van der Waals surface area contributed by atoms with E-state index in [1.165, 1.54) is 0 Å². The molecule has 2 aromatic carbocycles. The summed E-state index contributed by atoms with van der Waals surface area (Å²) in [5.41, 5.74) is 2.06. The van der Waals surface area contributed by atoms with E-state index in [1.807, 2.05) is 54.6 Å². The van der Waals surface area contributed by atoms with E-state index < -0.39 is 18.1 Å². The van der Waals surface area contributed by atoms with E-state index >= 15 is 0 Å². The number of likely N-dealkylation sites (N-methyl/N-ethyl adjacent to an activating group) is 1. The van der Waals surface area contributed by atoms with E-state index in [1.54, 1.807) is 33.0 Å². The van der Waals surface area contributed by atoms with E-state index in [-0.39, 0.29) is 29.7 Å². The van der Waals surface area contributed by atoms with E-state index in [9.17, 15) is 19.2 Å². The molecule has 0 saturated carbocycles. The number of methoxy groups -OCH3 is 1. The minimum atomic E-state index is -0.831. The quantitative estimate of drug-likeness (QED) is 0.225. The molecule has 11 heteroatoms. The van der Waals surface area contributed by atoms with Gasteiger partial charge in [-0.05, 0) is 75.3 Å². The van der Waals surface area contributed by atoms with Gasteiger partial charge in [-0.1, -0.05) is 42.5 Å². The number of ether oxygens (including phenoxy) is 1. The van der Waals surface area contributed by atoms with Crippen molar-refractivity contribution in [1.82, 2.24) is 31.5 Å². The summed E-state index contributed by atoms with van der Waals surface area (Å²) < 4.78 is 5.20. The van der Waals surface area contributed by atoms with Crippen molar-refractivity contribution in [3.8, 4) is 5.75 Å². The van der Waals surface area contributed by atoms with E-state index in [0.717, 1.165) is 16.9 Å². The van der Waals surface area contributed by atoms with Crippen molar-refractivity contribution < 1.29 is 23.9 Å². The first kappa shape index (κ1) is 33.4. The van der Waals surface area contributed by atoms with Crippen LogP contribution in [0.5, 0.6) is 5.75 Å². The molecule has 5 N–H and O–H groups in total. The van der Waals surface area contributed by atoms with Crippen molar-refractivity contribution in [3.63, 3.8) is 0 Å². The molecular formula is C32H46N6O5. The van der Waals surface area contributed by atoms with Crippen molar-refractivity contribution in [1.29, 1.82) is 0 Å². The van der Waals surface area contributed by atoms with Gasteiger partial charge in [0.2, 0.25) is 17.7 Å². The molecule has 3 rings (SSSR count). The third-order valence-electron chi connectivity index (χ3n) is 7.99. The molecule has 0 bridgehead atoms. The highest BCUT2D eigenvalue weighted by Crippen LogP contribution is 2.24. The van der Waals surface area contributed by atoms with Crippen LogP contribution in [0.2, 0.25) is 0 Å².